The van der Waals surface area contributed by atoms with Crippen molar-refractivity contribution in [3.05, 3.63) is 15.9 Å². The lowest BCUT2D eigenvalue weighted by Gasteiger charge is -2.27. The fourth-order valence-electron chi connectivity index (χ4n) is 3.73. The van der Waals surface area contributed by atoms with Crippen LogP contribution in [0, 0.1) is 17.8 Å². The van der Waals surface area contributed by atoms with Gasteiger partial charge in [-0.15, -0.1) is 0 Å². The van der Waals surface area contributed by atoms with Crippen LogP contribution in [-0.2, 0) is 16.0 Å². The molecule has 0 aliphatic heterocycles. The molecule has 0 bridgehead atoms. The summed E-state index contributed by atoms with van der Waals surface area (Å²) in [7, 11) is 0. The van der Waals surface area contributed by atoms with Crippen LogP contribution in [0.4, 0.5) is 0 Å². The van der Waals surface area contributed by atoms with Gasteiger partial charge in [0.05, 0.1) is 0 Å². The second-order valence-electron chi connectivity index (χ2n) is 5.41. The van der Waals surface area contributed by atoms with Gasteiger partial charge in [0.25, 0.3) is 0 Å². The number of rotatable bonds is 1. The molecule has 0 radical (unpaired) electrons. The Morgan fingerprint density at radius 1 is 1.50 bits per heavy atom. The molecule has 0 amide bonds. The number of carbonyl (C=O) groups is 2. The molecule has 1 aromatic rings. The summed E-state index contributed by atoms with van der Waals surface area (Å²) >= 11 is 3.42. The number of nitrogens with one attached hydrogen (secondary N) is 1. The van der Waals surface area contributed by atoms with Gasteiger partial charge in [-0.05, 0) is 35.7 Å². The number of aromatic nitrogens is 2. The maximum absolute atomic E-state index is 12.3. The largest absolute Gasteiger partial charge is 0.300 e. The molecule has 2 aliphatic rings. The van der Waals surface area contributed by atoms with Gasteiger partial charge in [0, 0.05) is 34.9 Å². The summed E-state index contributed by atoms with van der Waals surface area (Å²) in [4.78, 5) is 24.1. The smallest absolute Gasteiger partial charge is 0.140 e. The van der Waals surface area contributed by atoms with Gasteiger partial charge in [-0.2, -0.15) is 5.10 Å². The first-order chi connectivity index (χ1) is 8.52. The minimum absolute atomic E-state index is 0.00579. The van der Waals surface area contributed by atoms with E-state index in [1.165, 1.54) is 0 Å². The molecule has 0 aromatic carbocycles. The van der Waals surface area contributed by atoms with Crippen molar-refractivity contribution in [2.75, 3.05) is 0 Å². The van der Waals surface area contributed by atoms with Crippen molar-refractivity contribution in [2.45, 2.75) is 32.6 Å². The number of carbonyl (C=O) groups excluding carboxylic acids is 2. The van der Waals surface area contributed by atoms with Crippen molar-refractivity contribution < 1.29 is 9.59 Å². The number of aromatic amines is 1. The highest BCUT2D eigenvalue weighted by Gasteiger charge is 2.53. The first kappa shape index (κ1) is 12.1. The van der Waals surface area contributed by atoms with E-state index in [0.29, 0.717) is 0 Å². The molecule has 1 heterocycles. The molecule has 1 aromatic heterocycles. The van der Waals surface area contributed by atoms with E-state index in [0.717, 1.165) is 28.7 Å². The van der Waals surface area contributed by atoms with Crippen molar-refractivity contribution in [3.8, 4) is 0 Å². The molecule has 1 fully saturated rings. The number of H-pyrrole nitrogens is 1. The summed E-state index contributed by atoms with van der Waals surface area (Å²) in [5, 5.41) is 7.19. The average Bonchev–Trinajstić information content (AvgIpc) is 2.81. The minimum Gasteiger partial charge on any atom is -0.300 e. The van der Waals surface area contributed by atoms with Crippen LogP contribution in [0.25, 0.3) is 0 Å². The minimum atomic E-state index is -0.186. The van der Waals surface area contributed by atoms with E-state index in [-0.39, 0.29) is 35.2 Å². The standard InChI is InChI=1S/C13H15BrN2O2/c1-5-9(6(2)17)10-7(12(5)18)3-4-8-11(10)15-16-13(8)14/h5,7,9-10H,3-4H2,1-2H3,(H,15,16). The molecule has 2 aliphatic carbocycles. The van der Waals surface area contributed by atoms with Gasteiger partial charge in [0.2, 0.25) is 0 Å². The quantitative estimate of drug-likeness (QED) is 0.865. The van der Waals surface area contributed by atoms with Crippen molar-refractivity contribution in [1.82, 2.24) is 10.2 Å². The van der Waals surface area contributed by atoms with Crippen LogP contribution in [0.3, 0.4) is 0 Å². The molecular weight excluding hydrogens is 296 g/mol. The molecule has 4 atom stereocenters. The molecule has 1 N–H and O–H groups in total. The Bertz CT molecular complexity index is 537. The molecule has 1 saturated carbocycles. The molecule has 5 heteroatoms. The van der Waals surface area contributed by atoms with Gasteiger partial charge in [0.15, 0.2) is 0 Å². The highest BCUT2D eigenvalue weighted by molar-refractivity contribution is 9.10. The number of hydrogen-bond acceptors (Lipinski definition) is 3. The molecule has 18 heavy (non-hydrogen) atoms. The van der Waals surface area contributed by atoms with Gasteiger partial charge in [-0.3, -0.25) is 14.7 Å². The SMILES string of the molecule is CC(=O)C1C(C)C(=O)C2CCc3c(Br)n[nH]c3C21. The number of nitrogens with zero attached hydrogens (tertiary/aromatic N) is 1. The Kier molecular flexibility index (Phi) is 2.70. The number of Topliss-reactive ketones (excluding diaryl/α,β-unsaturated/α-hetero) is 2. The normalized spacial score (nSPS) is 34.3. The van der Waals surface area contributed by atoms with Crippen molar-refractivity contribution in [2.24, 2.45) is 17.8 Å². The molecule has 96 valence electrons. The number of halogens is 1. The monoisotopic (exact) mass is 310 g/mol. The maximum Gasteiger partial charge on any atom is 0.140 e. The van der Waals surface area contributed by atoms with E-state index < -0.39 is 0 Å². The number of ketones is 2. The Morgan fingerprint density at radius 3 is 2.89 bits per heavy atom. The number of hydrogen-bond donors (Lipinski definition) is 1. The zero-order chi connectivity index (χ0) is 13.0. The average molecular weight is 311 g/mol. The van der Waals surface area contributed by atoms with Crippen LogP contribution in [0.1, 0.15) is 37.4 Å². The van der Waals surface area contributed by atoms with Gasteiger partial charge in [-0.1, -0.05) is 6.92 Å². The predicted molar refractivity (Wildman–Crippen MR) is 69.2 cm³/mol. The van der Waals surface area contributed by atoms with Crippen molar-refractivity contribution in [3.63, 3.8) is 0 Å². The van der Waals surface area contributed by atoms with E-state index in [1.54, 1.807) is 6.92 Å². The summed E-state index contributed by atoms with van der Waals surface area (Å²) in [5.41, 5.74) is 2.14. The molecule has 4 nitrogen and oxygen atoms in total. The summed E-state index contributed by atoms with van der Waals surface area (Å²) in [6.07, 6.45) is 1.69. The maximum atomic E-state index is 12.3. The van der Waals surface area contributed by atoms with Crippen LogP contribution in [0.5, 0.6) is 0 Å². The van der Waals surface area contributed by atoms with Gasteiger partial charge >= 0.3 is 0 Å². The van der Waals surface area contributed by atoms with Gasteiger partial charge < -0.3 is 0 Å². The van der Waals surface area contributed by atoms with Gasteiger partial charge in [0.1, 0.15) is 16.2 Å². The lowest BCUT2D eigenvalue weighted by molar-refractivity contribution is -0.127. The highest BCUT2D eigenvalue weighted by atomic mass is 79.9. The summed E-state index contributed by atoms with van der Waals surface area (Å²) in [5.74, 6) is 0.0132. The summed E-state index contributed by atoms with van der Waals surface area (Å²) in [6, 6.07) is 0. The molecule has 3 rings (SSSR count). The van der Waals surface area contributed by atoms with E-state index >= 15 is 0 Å². The van der Waals surface area contributed by atoms with Crippen LogP contribution < -0.4 is 0 Å². The zero-order valence-electron chi connectivity index (χ0n) is 10.4. The van der Waals surface area contributed by atoms with Crippen molar-refractivity contribution >= 4 is 27.5 Å². The molecule has 0 saturated heterocycles. The van der Waals surface area contributed by atoms with Crippen LogP contribution in [-0.4, -0.2) is 21.8 Å². The van der Waals surface area contributed by atoms with E-state index in [1.807, 2.05) is 6.92 Å². The fraction of sp³-hybridized carbons (Fsp3) is 0.615. The highest BCUT2D eigenvalue weighted by Crippen LogP contribution is 2.51. The molecular formula is C13H15BrN2O2. The summed E-state index contributed by atoms with van der Waals surface area (Å²) in [6.45, 7) is 3.48. The second kappa shape index (κ2) is 4.02. The van der Waals surface area contributed by atoms with Crippen molar-refractivity contribution in [1.29, 1.82) is 0 Å². The van der Waals surface area contributed by atoms with Crippen LogP contribution in [0.2, 0.25) is 0 Å². The zero-order valence-corrected chi connectivity index (χ0v) is 12.0. The Morgan fingerprint density at radius 2 is 2.22 bits per heavy atom. The number of fused-ring (bicyclic) bond motifs is 3. The Hall–Kier alpha value is -0.970. The Balaban J connectivity index is 2.12. The van der Waals surface area contributed by atoms with E-state index in [9.17, 15) is 9.59 Å². The van der Waals surface area contributed by atoms with Gasteiger partial charge in [-0.25, -0.2) is 0 Å². The Labute approximate surface area is 114 Å². The summed E-state index contributed by atoms with van der Waals surface area (Å²) < 4.78 is 0.824. The first-order valence-electron chi connectivity index (χ1n) is 6.29. The van der Waals surface area contributed by atoms with E-state index in [2.05, 4.69) is 26.1 Å². The molecule has 0 spiro atoms. The lowest BCUT2D eigenvalue weighted by Crippen LogP contribution is -2.25. The fourth-order valence-corrected chi connectivity index (χ4v) is 4.23. The third-order valence-corrected chi connectivity index (χ3v) is 5.19. The predicted octanol–water partition coefficient (Wildman–Crippen LogP) is 2.24. The van der Waals surface area contributed by atoms with Crippen LogP contribution in [0.15, 0.2) is 4.60 Å². The van der Waals surface area contributed by atoms with Crippen LogP contribution >= 0.6 is 15.9 Å². The lowest BCUT2D eigenvalue weighted by atomic mass is 9.76. The topological polar surface area (TPSA) is 62.8 Å². The third kappa shape index (κ3) is 1.46. The second-order valence-corrected chi connectivity index (χ2v) is 6.16. The third-order valence-electron chi connectivity index (χ3n) is 4.53. The van der Waals surface area contributed by atoms with E-state index in [4.69, 9.17) is 0 Å². The first-order valence-corrected chi connectivity index (χ1v) is 7.08. The molecule has 4 unspecified atom stereocenters.